The zero-order chi connectivity index (χ0) is 15.6. The van der Waals surface area contributed by atoms with E-state index < -0.39 is 29.8 Å². The lowest BCUT2D eigenvalue weighted by molar-refractivity contribution is -0.274. The highest BCUT2D eigenvalue weighted by Crippen LogP contribution is 2.34. The summed E-state index contributed by atoms with van der Waals surface area (Å²) in [4.78, 5) is 10.2. The van der Waals surface area contributed by atoms with E-state index in [4.69, 9.17) is 5.11 Å². The summed E-state index contributed by atoms with van der Waals surface area (Å²) in [6, 6.07) is 1.32. The van der Waals surface area contributed by atoms with Crippen molar-refractivity contribution in [2.24, 2.45) is 0 Å². The van der Waals surface area contributed by atoms with Crippen molar-refractivity contribution in [3.63, 3.8) is 0 Å². The Morgan fingerprint density at radius 2 is 1.70 bits per heavy atom. The van der Waals surface area contributed by atoms with E-state index >= 15 is 0 Å². The van der Waals surface area contributed by atoms with Crippen LogP contribution in [0.4, 0.5) is 26.3 Å². The van der Waals surface area contributed by atoms with Gasteiger partial charge in [0.25, 0.3) is 0 Å². The van der Waals surface area contributed by atoms with Crippen molar-refractivity contribution in [1.82, 2.24) is 0 Å². The molecule has 20 heavy (non-hydrogen) atoms. The van der Waals surface area contributed by atoms with Crippen molar-refractivity contribution in [2.45, 2.75) is 12.5 Å². The van der Waals surface area contributed by atoms with Crippen LogP contribution in [0.5, 0.6) is 5.75 Å². The van der Waals surface area contributed by atoms with Crippen LogP contribution in [-0.2, 0) is 11.0 Å². The molecular weight excluding hydrogens is 294 g/mol. The fraction of sp³-hybridized carbons (Fsp3) is 0.182. The first-order chi connectivity index (χ1) is 8.97. The van der Waals surface area contributed by atoms with Gasteiger partial charge in [-0.25, -0.2) is 4.79 Å². The third-order valence-electron chi connectivity index (χ3n) is 1.91. The molecule has 0 bridgehead atoms. The largest absolute Gasteiger partial charge is 0.573 e. The molecule has 0 heterocycles. The zero-order valence-corrected chi connectivity index (χ0v) is 9.42. The number of carbonyl (C=O) groups is 1. The lowest BCUT2D eigenvalue weighted by Gasteiger charge is -2.13. The number of rotatable bonds is 3. The zero-order valence-electron chi connectivity index (χ0n) is 9.42. The Kier molecular flexibility index (Phi) is 4.31. The highest BCUT2D eigenvalue weighted by molar-refractivity contribution is 5.85. The molecule has 110 valence electrons. The first-order valence-electron chi connectivity index (χ1n) is 4.86. The number of carboxylic acids is 1. The van der Waals surface area contributed by atoms with Gasteiger partial charge in [-0.3, -0.25) is 0 Å². The van der Waals surface area contributed by atoms with Crippen LogP contribution in [0.15, 0.2) is 24.3 Å². The van der Waals surface area contributed by atoms with Crippen LogP contribution >= 0.6 is 0 Å². The molecule has 0 saturated heterocycles. The van der Waals surface area contributed by atoms with Gasteiger partial charge in [-0.1, -0.05) is 0 Å². The van der Waals surface area contributed by atoms with Gasteiger partial charge >= 0.3 is 18.5 Å². The minimum atomic E-state index is -5.15. The number of ether oxygens (including phenoxy) is 1. The number of halogens is 6. The molecule has 0 amide bonds. The average Bonchev–Trinajstić information content (AvgIpc) is 2.22. The fourth-order valence-corrected chi connectivity index (χ4v) is 1.24. The van der Waals surface area contributed by atoms with E-state index in [0.717, 1.165) is 6.08 Å². The smallest absolute Gasteiger partial charge is 0.478 e. The molecule has 0 aliphatic carbocycles. The number of carboxylic acid groups (broad SMARTS) is 1. The second kappa shape index (κ2) is 5.43. The predicted molar refractivity (Wildman–Crippen MR) is 54.8 cm³/mol. The molecule has 0 aliphatic heterocycles. The van der Waals surface area contributed by atoms with Gasteiger partial charge in [0, 0.05) is 6.08 Å². The van der Waals surface area contributed by atoms with Crippen molar-refractivity contribution in [3.8, 4) is 5.75 Å². The van der Waals surface area contributed by atoms with Gasteiger partial charge in [0.2, 0.25) is 0 Å². The Labute approximate surface area is 108 Å². The van der Waals surface area contributed by atoms with Crippen molar-refractivity contribution in [3.05, 3.63) is 35.4 Å². The molecule has 0 spiro atoms. The van der Waals surface area contributed by atoms with Crippen molar-refractivity contribution in [1.29, 1.82) is 0 Å². The summed E-state index contributed by atoms with van der Waals surface area (Å²) in [5.74, 6) is -2.54. The van der Waals surface area contributed by atoms with E-state index in [1.54, 1.807) is 0 Å². The summed E-state index contributed by atoms with van der Waals surface area (Å²) in [6.45, 7) is 0. The standard InChI is InChI=1S/C11H6F6O3/c12-10(13,14)7-3-6(1-2-9(18)19)4-8(5-7)20-11(15,16)17/h1-5H,(H,18,19)/b2-1+. The van der Waals surface area contributed by atoms with E-state index in [0.29, 0.717) is 18.2 Å². The summed E-state index contributed by atoms with van der Waals surface area (Å²) in [6.07, 6.45) is -8.83. The van der Waals surface area contributed by atoms with Crippen molar-refractivity contribution in [2.75, 3.05) is 0 Å². The summed E-state index contributed by atoms with van der Waals surface area (Å²) in [7, 11) is 0. The third-order valence-corrected chi connectivity index (χ3v) is 1.91. The van der Waals surface area contributed by atoms with Gasteiger partial charge in [0.15, 0.2) is 0 Å². The summed E-state index contributed by atoms with van der Waals surface area (Å²) < 4.78 is 76.9. The second-order valence-corrected chi connectivity index (χ2v) is 3.51. The van der Waals surface area contributed by atoms with Crippen molar-refractivity contribution >= 4 is 12.0 Å². The molecule has 1 aromatic rings. The van der Waals surface area contributed by atoms with Gasteiger partial charge in [-0.15, -0.1) is 13.2 Å². The molecule has 0 radical (unpaired) electrons. The van der Waals surface area contributed by atoms with Gasteiger partial charge in [0.1, 0.15) is 5.75 Å². The van der Waals surface area contributed by atoms with E-state index in [1.165, 1.54) is 0 Å². The van der Waals surface area contributed by atoms with E-state index in [9.17, 15) is 31.1 Å². The first kappa shape index (κ1) is 15.9. The van der Waals surface area contributed by atoms with Crippen LogP contribution in [0.3, 0.4) is 0 Å². The van der Waals surface area contributed by atoms with Crippen LogP contribution in [0.25, 0.3) is 6.08 Å². The lowest BCUT2D eigenvalue weighted by Crippen LogP contribution is -2.18. The first-order valence-corrected chi connectivity index (χ1v) is 4.86. The van der Waals surface area contributed by atoms with Gasteiger partial charge in [-0.2, -0.15) is 13.2 Å². The van der Waals surface area contributed by atoms with Crippen LogP contribution < -0.4 is 4.74 Å². The van der Waals surface area contributed by atoms with Crippen LogP contribution in [0.1, 0.15) is 11.1 Å². The number of hydrogen-bond donors (Lipinski definition) is 1. The SMILES string of the molecule is O=C(O)/C=C/c1cc(OC(F)(F)F)cc(C(F)(F)F)c1. The Morgan fingerprint density at radius 1 is 1.10 bits per heavy atom. The number of alkyl halides is 6. The molecule has 0 aliphatic rings. The quantitative estimate of drug-likeness (QED) is 0.684. The predicted octanol–water partition coefficient (Wildman–Crippen LogP) is 3.70. The van der Waals surface area contributed by atoms with Gasteiger partial charge in [0.05, 0.1) is 5.56 Å². The minimum Gasteiger partial charge on any atom is -0.478 e. The second-order valence-electron chi connectivity index (χ2n) is 3.51. The topological polar surface area (TPSA) is 46.5 Å². The van der Waals surface area contributed by atoms with Crippen LogP contribution in [-0.4, -0.2) is 17.4 Å². The summed E-state index contributed by atoms with van der Waals surface area (Å²) in [5.41, 5.74) is -1.77. The molecule has 0 atom stereocenters. The fourth-order valence-electron chi connectivity index (χ4n) is 1.24. The summed E-state index contributed by atoms with van der Waals surface area (Å²) >= 11 is 0. The molecule has 0 unspecified atom stereocenters. The highest BCUT2D eigenvalue weighted by Gasteiger charge is 2.34. The maximum atomic E-state index is 12.5. The third kappa shape index (κ3) is 5.21. The number of aliphatic carboxylic acids is 1. The monoisotopic (exact) mass is 300 g/mol. The lowest BCUT2D eigenvalue weighted by atomic mass is 10.1. The molecule has 0 aromatic heterocycles. The Balaban J connectivity index is 3.25. The Bertz CT molecular complexity index is 530. The molecular formula is C11H6F6O3. The highest BCUT2D eigenvalue weighted by atomic mass is 19.4. The molecule has 1 aromatic carbocycles. The maximum absolute atomic E-state index is 12.5. The summed E-state index contributed by atoms with van der Waals surface area (Å²) in [5, 5.41) is 8.34. The molecule has 3 nitrogen and oxygen atoms in total. The molecule has 0 saturated carbocycles. The van der Waals surface area contributed by atoms with Gasteiger partial charge in [-0.05, 0) is 29.8 Å². The Hall–Kier alpha value is -2.19. The van der Waals surface area contributed by atoms with E-state index in [1.807, 2.05) is 0 Å². The van der Waals surface area contributed by atoms with Crippen LogP contribution in [0, 0.1) is 0 Å². The van der Waals surface area contributed by atoms with Crippen LogP contribution in [0.2, 0.25) is 0 Å². The van der Waals surface area contributed by atoms with E-state index in [2.05, 4.69) is 4.74 Å². The molecule has 9 heteroatoms. The maximum Gasteiger partial charge on any atom is 0.573 e. The number of hydrogen-bond acceptors (Lipinski definition) is 2. The molecule has 0 fully saturated rings. The van der Waals surface area contributed by atoms with E-state index in [-0.39, 0.29) is 11.6 Å². The van der Waals surface area contributed by atoms with Gasteiger partial charge < -0.3 is 9.84 Å². The molecule has 1 N–H and O–H groups in total. The minimum absolute atomic E-state index is 0.172. The number of benzene rings is 1. The average molecular weight is 300 g/mol. The molecule has 1 rings (SSSR count). The van der Waals surface area contributed by atoms with Crippen molar-refractivity contribution < 1.29 is 41.0 Å². The Morgan fingerprint density at radius 3 is 2.15 bits per heavy atom. The normalized spacial score (nSPS) is 12.7.